The molecule has 2 aromatic rings. The molecule has 5 nitrogen and oxygen atoms in total. The van der Waals surface area contributed by atoms with Crippen LogP contribution in [0.25, 0.3) is 0 Å². The summed E-state index contributed by atoms with van der Waals surface area (Å²) in [5, 5.41) is 3.16. The Bertz CT molecular complexity index is 949. The van der Waals surface area contributed by atoms with E-state index in [0.717, 1.165) is 16.7 Å². The summed E-state index contributed by atoms with van der Waals surface area (Å²) in [5.41, 5.74) is 2.13. The number of hydrogen-bond acceptors (Lipinski definition) is 3. The minimum Gasteiger partial charge on any atom is -0.267 e. The van der Waals surface area contributed by atoms with Crippen LogP contribution in [0.3, 0.4) is 0 Å². The SMILES string of the molecule is Cc1cn(Cc2ccc3c(c2)C[C@@H](NS(=O)(=O)C(C)C)C3)nc1C(F)(F)F. The van der Waals surface area contributed by atoms with Gasteiger partial charge in [0, 0.05) is 12.2 Å². The average Bonchev–Trinajstić information content (AvgIpc) is 3.08. The van der Waals surface area contributed by atoms with Crippen LogP contribution in [-0.2, 0) is 35.6 Å². The Morgan fingerprint density at radius 3 is 2.52 bits per heavy atom. The Hall–Kier alpha value is -1.87. The van der Waals surface area contributed by atoms with Gasteiger partial charge >= 0.3 is 6.18 Å². The highest BCUT2D eigenvalue weighted by Crippen LogP contribution is 2.30. The normalized spacial score (nSPS) is 17.5. The van der Waals surface area contributed by atoms with Gasteiger partial charge in [-0.2, -0.15) is 18.3 Å². The molecule has 0 aliphatic heterocycles. The predicted octanol–water partition coefficient (Wildman–Crippen LogP) is 3.05. The first-order valence-electron chi connectivity index (χ1n) is 8.69. The summed E-state index contributed by atoms with van der Waals surface area (Å²) < 4.78 is 66.8. The third kappa shape index (κ3) is 4.35. The Balaban J connectivity index is 1.73. The summed E-state index contributed by atoms with van der Waals surface area (Å²) in [4.78, 5) is 0. The Labute approximate surface area is 156 Å². The fourth-order valence-electron chi connectivity index (χ4n) is 3.29. The van der Waals surface area contributed by atoms with Crippen LogP contribution in [0.5, 0.6) is 0 Å². The lowest BCUT2D eigenvalue weighted by Gasteiger charge is -2.14. The van der Waals surface area contributed by atoms with Crippen molar-refractivity contribution in [1.29, 1.82) is 0 Å². The first-order valence-corrected chi connectivity index (χ1v) is 10.2. The number of hydrogen-bond donors (Lipinski definition) is 1. The van der Waals surface area contributed by atoms with Gasteiger partial charge in [0.05, 0.1) is 11.8 Å². The molecular weight excluding hydrogens is 379 g/mol. The first-order chi connectivity index (χ1) is 12.5. The molecule has 0 radical (unpaired) electrons. The molecule has 9 heteroatoms. The van der Waals surface area contributed by atoms with E-state index in [1.165, 1.54) is 17.8 Å². The van der Waals surface area contributed by atoms with Crippen LogP contribution in [0.4, 0.5) is 13.2 Å². The van der Waals surface area contributed by atoms with Crippen molar-refractivity contribution in [2.24, 2.45) is 0 Å². The monoisotopic (exact) mass is 401 g/mol. The summed E-state index contributed by atoms with van der Waals surface area (Å²) in [6, 6.07) is 5.49. The van der Waals surface area contributed by atoms with Crippen molar-refractivity contribution in [2.45, 2.75) is 57.6 Å². The molecule has 0 saturated carbocycles. The molecule has 1 aliphatic rings. The molecule has 0 unspecified atom stereocenters. The van der Waals surface area contributed by atoms with Gasteiger partial charge in [-0.15, -0.1) is 0 Å². The van der Waals surface area contributed by atoms with E-state index in [4.69, 9.17) is 0 Å². The first kappa shape index (κ1) is 19.9. The van der Waals surface area contributed by atoms with Gasteiger partial charge in [0.15, 0.2) is 5.69 Å². The lowest BCUT2D eigenvalue weighted by molar-refractivity contribution is -0.141. The number of rotatable bonds is 5. The molecule has 0 amide bonds. The second-order valence-corrected chi connectivity index (χ2v) is 9.54. The minimum absolute atomic E-state index is 0.0896. The zero-order chi connectivity index (χ0) is 20.0. The van der Waals surface area contributed by atoms with Gasteiger partial charge < -0.3 is 0 Å². The van der Waals surface area contributed by atoms with E-state index in [1.807, 2.05) is 18.2 Å². The standard InChI is InChI=1S/C18H22F3N3O2S/c1-11(2)27(25,26)23-16-7-14-5-4-13(6-15(14)8-16)10-24-9-12(3)17(22-24)18(19,20)21/h4-6,9,11,16,23H,7-8,10H2,1-3H3/t16-/m0/s1. The zero-order valence-corrected chi connectivity index (χ0v) is 16.2. The Morgan fingerprint density at radius 1 is 1.26 bits per heavy atom. The van der Waals surface area contributed by atoms with E-state index in [0.29, 0.717) is 12.8 Å². The van der Waals surface area contributed by atoms with Crippen LogP contribution in [0.15, 0.2) is 24.4 Å². The second kappa shape index (κ2) is 6.94. The molecule has 148 valence electrons. The van der Waals surface area contributed by atoms with Crippen molar-refractivity contribution < 1.29 is 21.6 Å². The van der Waals surface area contributed by atoms with Gasteiger partial charge in [0.1, 0.15) is 0 Å². The molecule has 1 heterocycles. The van der Waals surface area contributed by atoms with Gasteiger partial charge in [-0.1, -0.05) is 18.2 Å². The molecule has 0 saturated heterocycles. The molecule has 1 atom stereocenters. The highest BCUT2D eigenvalue weighted by molar-refractivity contribution is 7.90. The van der Waals surface area contributed by atoms with E-state index in [1.54, 1.807) is 13.8 Å². The average molecular weight is 401 g/mol. The van der Waals surface area contributed by atoms with Crippen LogP contribution in [0.2, 0.25) is 0 Å². The molecule has 1 aliphatic carbocycles. The van der Waals surface area contributed by atoms with Gasteiger partial charge in [0.2, 0.25) is 10.0 Å². The van der Waals surface area contributed by atoms with Crippen molar-refractivity contribution in [1.82, 2.24) is 14.5 Å². The molecular formula is C18H22F3N3O2S. The van der Waals surface area contributed by atoms with Crippen LogP contribution in [0.1, 0.15) is 41.8 Å². The quantitative estimate of drug-likeness (QED) is 0.838. The third-order valence-electron chi connectivity index (χ3n) is 4.71. The van der Waals surface area contributed by atoms with Gasteiger partial charge in [-0.3, -0.25) is 4.68 Å². The van der Waals surface area contributed by atoms with Gasteiger partial charge in [-0.25, -0.2) is 13.1 Å². The number of nitrogens with one attached hydrogen (secondary N) is 1. The van der Waals surface area contributed by atoms with E-state index in [2.05, 4.69) is 9.82 Å². The van der Waals surface area contributed by atoms with Crippen LogP contribution >= 0.6 is 0 Å². The van der Waals surface area contributed by atoms with Crippen LogP contribution in [-0.4, -0.2) is 29.5 Å². The van der Waals surface area contributed by atoms with Crippen molar-refractivity contribution in [2.75, 3.05) is 0 Å². The van der Waals surface area contributed by atoms with Crippen molar-refractivity contribution in [3.63, 3.8) is 0 Å². The molecule has 27 heavy (non-hydrogen) atoms. The highest BCUT2D eigenvalue weighted by atomic mass is 32.2. The minimum atomic E-state index is -4.46. The number of halogens is 3. The van der Waals surface area contributed by atoms with E-state index in [-0.39, 0.29) is 18.2 Å². The Morgan fingerprint density at radius 2 is 1.93 bits per heavy atom. The number of alkyl halides is 3. The molecule has 3 rings (SSSR count). The van der Waals surface area contributed by atoms with E-state index < -0.39 is 27.1 Å². The number of benzene rings is 1. The number of aryl methyl sites for hydroxylation is 1. The third-order valence-corrected chi connectivity index (χ3v) is 6.62. The van der Waals surface area contributed by atoms with Crippen molar-refractivity contribution in [3.05, 3.63) is 52.3 Å². The summed E-state index contributed by atoms with van der Waals surface area (Å²) in [6.45, 7) is 4.88. The van der Waals surface area contributed by atoms with Gasteiger partial charge in [-0.05, 0) is 55.9 Å². The van der Waals surface area contributed by atoms with E-state index >= 15 is 0 Å². The van der Waals surface area contributed by atoms with Crippen molar-refractivity contribution >= 4 is 10.0 Å². The number of nitrogens with zero attached hydrogens (tertiary/aromatic N) is 2. The van der Waals surface area contributed by atoms with Crippen LogP contribution < -0.4 is 4.72 Å². The maximum Gasteiger partial charge on any atom is 0.435 e. The fraction of sp³-hybridized carbons (Fsp3) is 0.500. The van der Waals surface area contributed by atoms with Gasteiger partial charge in [0.25, 0.3) is 0 Å². The molecule has 1 aromatic heterocycles. The second-order valence-electron chi connectivity index (χ2n) is 7.28. The molecule has 0 fully saturated rings. The fourth-order valence-corrected chi connectivity index (χ4v) is 4.19. The lowest BCUT2D eigenvalue weighted by Crippen LogP contribution is -2.39. The smallest absolute Gasteiger partial charge is 0.267 e. The maximum atomic E-state index is 12.9. The molecule has 0 spiro atoms. The summed E-state index contributed by atoms with van der Waals surface area (Å²) in [6.07, 6.45) is -1.90. The van der Waals surface area contributed by atoms with Crippen LogP contribution in [0, 0.1) is 6.92 Å². The molecule has 1 N–H and O–H groups in total. The predicted molar refractivity (Wildman–Crippen MR) is 95.9 cm³/mol. The Kier molecular flexibility index (Phi) is 5.11. The number of aromatic nitrogens is 2. The number of fused-ring (bicyclic) bond motifs is 1. The number of sulfonamides is 1. The topological polar surface area (TPSA) is 64.0 Å². The van der Waals surface area contributed by atoms with Crippen molar-refractivity contribution in [3.8, 4) is 0 Å². The molecule has 1 aromatic carbocycles. The lowest BCUT2D eigenvalue weighted by atomic mass is 10.1. The zero-order valence-electron chi connectivity index (χ0n) is 15.3. The maximum absolute atomic E-state index is 12.9. The van der Waals surface area contributed by atoms with E-state index in [9.17, 15) is 21.6 Å². The molecule has 0 bridgehead atoms. The summed E-state index contributed by atoms with van der Waals surface area (Å²) >= 11 is 0. The largest absolute Gasteiger partial charge is 0.435 e. The summed E-state index contributed by atoms with van der Waals surface area (Å²) in [5.74, 6) is 0. The summed E-state index contributed by atoms with van der Waals surface area (Å²) in [7, 11) is -3.34. The highest BCUT2D eigenvalue weighted by Gasteiger charge is 2.36.